The van der Waals surface area contributed by atoms with Crippen LogP contribution in [0.3, 0.4) is 0 Å². The summed E-state index contributed by atoms with van der Waals surface area (Å²) in [6, 6.07) is 7.76. The summed E-state index contributed by atoms with van der Waals surface area (Å²) in [5.41, 5.74) is 1.15. The number of nitrogens with one attached hydrogen (secondary N) is 2. The van der Waals surface area contributed by atoms with E-state index in [4.69, 9.17) is 5.11 Å². The first-order valence-electron chi connectivity index (χ1n) is 5.92. The van der Waals surface area contributed by atoms with E-state index in [2.05, 4.69) is 10.6 Å². The Morgan fingerprint density at radius 2 is 1.65 bits per heavy atom. The summed E-state index contributed by atoms with van der Waals surface area (Å²) in [6.07, 6.45) is 0. The number of aliphatic carboxylic acids is 1. The highest BCUT2D eigenvalue weighted by atomic mass is 32.2. The Morgan fingerprint density at radius 1 is 1.05 bits per heavy atom. The van der Waals surface area contributed by atoms with E-state index in [1.165, 1.54) is 11.8 Å². The van der Waals surface area contributed by atoms with Crippen molar-refractivity contribution >= 4 is 29.5 Å². The van der Waals surface area contributed by atoms with Gasteiger partial charge in [-0.15, -0.1) is 11.8 Å². The lowest BCUT2D eigenvalue weighted by atomic mass is 10.2. The van der Waals surface area contributed by atoms with Gasteiger partial charge in [0.15, 0.2) is 0 Å². The molecule has 0 spiro atoms. The molecule has 0 aliphatic carbocycles. The predicted molar refractivity (Wildman–Crippen MR) is 75.6 cm³/mol. The summed E-state index contributed by atoms with van der Waals surface area (Å²) in [7, 11) is 0. The fourth-order valence-corrected chi connectivity index (χ4v) is 1.98. The average Bonchev–Trinajstić information content (AvgIpc) is 2.42. The zero-order chi connectivity index (χ0) is 15.0. The molecule has 0 bridgehead atoms. The van der Waals surface area contributed by atoms with Crippen LogP contribution < -0.4 is 10.6 Å². The SMILES string of the molecule is Cc1ccc(SCC(=O)NCC(=O)NCC(=O)O)cc1. The van der Waals surface area contributed by atoms with Gasteiger partial charge >= 0.3 is 5.97 Å². The molecule has 20 heavy (non-hydrogen) atoms. The second-order valence-electron chi connectivity index (χ2n) is 4.05. The molecule has 1 aromatic carbocycles. The number of carbonyl (C=O) groups excluding carboxylic acids is 2. The summed E-state index contributed by atoms with van der Waals surface area (Å²) >= 11 is 1.37. The van der Waals surface area contributed by atoms with Gasteiger partial charge in [0, 0.05) is 4.90 Å². The highest BCUT2D eigenvalue weighted by molar-refractivity contribution is 8.00. The first-order valence-corrected chi connectivity index (χ1v) is 6.90. The minimum absolute atomic E-state index is 0.204. The Balaban J connectivity index is 2.21. The topological polar surface area (TPSA) is 95.5 Å². The third-order valence-electron chi connectivity index (χ3n) is 2.27. The minimum atomic E-state index is -1.13. The maximum atomic E-state index is 11.5. The predicted octanol–water partition coefficient (Wildman–Crippen LogP) is 0.404. The second-order valence-corrected chi connectivity index (χ2v) is 5.10. The van der Waals surface area contributed by atoms with Crippen molar-refractivity contribution in [1.82, 2.24) is 10.6 Å². The van der Waals surface area contributed by atoms with Crippen molar-refractivity contribution in [1.29, 1.82) is 0 Å². The molecular weight excluding hydrogens is 280 g/mol. The van der Waals surface area contributed by atoms with Crippen LogP contribution in [0.5, 0.6) is 0 Å². The molecule has 0 aromatic heterocycles. The fraction of sp³-hybridized carbons (Fsp3) is 0.308. The van der Waals surface area contributed by atoms with Crippen LogP contribution >= 0.6 is 11.8 Å². The van der Waals surface area contributed by atoms with Gasteiger partial charge < -0.3 is 15.7 Å². The molecule has 0 unspecified atom stereocenters. The zero-order valence-corrected chi connectivity index (χ0v) is 11.8. The van der Waals surface area contributed by atoms with E-state index in [-0.39, 0.29) is 18.2 Å². The van der Waals surface area contributed by atoms with Gasteiger partial charge in [0.25, 0.3) is 0 Å². The summed E-state index contributed by atoms with van der Waals surface area (Å²) in [6.45, 7) is 1.31. The molecule has 7 heteroatoms. The smallest absolute Gasteiger partial charge is 0.322 e. The van der Waals surface area contributed by atoms with E-state index < -0.39 is 18.4 Å². The largest absolute Gasteiger partial charge is 0.480 e. The van der Waals surface area contributed by atoms with E-state index >= 15 is 0 Å². The molecule has 2 amide bonds. The molecule has 108 valence electrons. The van der Waals surface area contributed by atoms with E-state index in [9.17, 15) is 14.4 Å². The lowest BCUT2D eigenvalue weighted by Gasteiger charge is -2.05. The van der Waals surface area contributed by atoms with Gasteiger partial charge in [-0.3, -0.25) is 14.4 Å². The number of carbonyl (C=O) groups is 3. The Morgan fingerprint density at radius 3 is 2.25 bits per heavy atom. The highest BCUT2D eigenvalue weighted by Gasteiger charge is 2.07. The van der Waals surface area contributed by atoms with Crippen LogP contribution in [0.15, 0.2) is 29.2 Å². The van der Waals surface area contributed by atoms with Crippen LogP contribution in [-0.4, -0.2) is 41.7 Å². The zero-order valence-electron chi connectivity index (χ0n) is 11.0. The average molecular weight is 296 g/mol. The lowest BCUT2D eigenvalue weighted by molar-refractivity contribution is -0.137. The molecule has 0 radical (unpaired) electrons. The summed E-state index contributed by atoms with van der Waals surface area (Å²) < 4.78 is 0. The number of aryl methyl sites for hydroxylation is 1. The van der Waals surface area contributed by atoms with Crippen LogP contribution in [0.2, 0.25) is 0 Å². The Kier molecular flexibility index (Phi) is 6.58. The number of rotatable bonds is 7. The van der Waals surface area contributed by atoms with Crippen LogP contribution in [-0.2, 0) is 14.4 Å². The quantitative estimate of drug-likeness (QED) is 0.633. The first-order chi connectivity index (χ1) is 9.47. The Bertz CT molecular complexity index is 488. The number of carboxylic acids is 1. The molecule has 1 aromatic rings. The van der Waals surface area contributed by atoms with Gasteiger partial charge in [-0.05, 0) is 19.1 Å². The van der Waals surface area contributed by atoms with Crippen molar-refractivity contribution in [2.24, 2.45) is 0 Å². The normalized spacial score (nSPS) is 9.85. The van der Waals surface area contributed by atoms with Crippen LogP contribution in [0.4, 0.5) is 0 Å². The molecule has 1 rings (SSSR count). The lowest BCUT2D eigenvalue weighted by Crippen LogP contribution is -2.39. The monoisotopic (exact) mass is 296 g/mol. The summed E-state index contributed by atoms with van der Waals surface area (Å²) in [5.74, 6) is -1.73. The first kappa shape index (κ1) is 16.0. The Hall–Kier alpha value is -2.02. The maximum absolute atomic E-state index is 11.5. The molecule has 0 aliphatic heterocycles. The fourth-order valence-electron chi connectivity index (χ4n) is 1.25. The third-order valence-corrected chi connectivity index (χ3v) is 3.29. The van der Waals surface area contributed by atoms with Crippen molar-refractivity contribution in [3.8, 4) is 0 Å². The Labute approximate surface area is 120 Å². The molecule has 0 atom stereocenters. The van der Waals surface area contributed by atoms with Gasteiger partial charge in [0.2, 0.25) is 11.8 Å². The second kappa shape index (κ2) is 8.21. The molecule has 0 saturated heterocycles. The third kappa shape index (κ3) is 6.79. The maximum Gasteiger partial charge on any atom is 0.322 e. The van der Waals surface area contributed by atoms with Crippen molar-refractivity contribution in [3.05, 3.63) is 29.8 Å². The standard InChI is InChI=1S/C13H16N2O4S/c1-9-2-4-10(5-3-9)20-8-12(17)14-6-11(16)15-7-13(18)19/h2-5H,6-8H2,1H3,(H,14,17)(H,15,16)(H,18,19). The number of hydrogen-bond donors (Lipinski definition) is 3. The molecule has 0 aliphatic rings. The van der Waals surface area contributed by atoms with Crippen LogP contribution in [0.1, 0.15) is 5.56 Å². The van der Waals surface area contributed by atoms with Crippen molar-refractivity contribution in [3.63, 3.8) is 0 Å². The minimum Gasteiger partial charge on any atom is -0.480 e. The molecule has 0 fully saturated rings. The number of thioether (sulfide) groups is 1. The molecule has 3 N–H and O–H groups in total. The van der Waals surface area contributed by atoms with Crippen LogP contribution in [0, 0.1) is 6.92 Å². The number of benzene rings is 1. The van der Waals surface area contributed by atoms with Crippen molar-refractivity contribution < 1.29 is 19.5 Å². The van der Waals surface area contributed by atoms with E-state index in [0.717, 1.165) is 10.5 Å². The molecular formula is C13H16N2O4S. The number of hydrogen-bond acceptors (Lipinski definition) is 4. The van der Waals surface area contributed by atoms with Gasteiger partial charge in [-0.25, -0.2) is 0 Å². The van der Waals surface area contributed by atoms with E-state index in [1.807, 2.05) is 31.2 Å². The summed E-state index contributed by atoms with van der Waals surface area (Å²) in [5, 5.41) is 12.9. The van der Waals surface area contributed by atoms with Gasteiger partial charge in [-0.1, -0.05) is 17.7 Å². The van der Waals surface area contributed by atoms with Crippen molar-refractivity contribution in [2.75, 3.05) is 18.8 Å². The highest BCUT2D eigenvalue weighted by Crippen LogP contribution is 2.17. The number of amides is 2. The van der Waals surface area contributed by atoms with E-state index in [0.29, 0.717) is 0 Å². The van der Waals surface area contributed by atoms with Gasteiger partial charge in [0.05, 0.1) is 12.3 Å². The van der Waals surface area contributed by atoms with E-state index in [1.54, 1.807) is 0 Å². The molecule has 0 saturated carbocycles. The number of carboxylic acid groups (broad SMARTS) is 1. The molecule has 6 nitrogen and oxygen atoms in total. The molecule has 0 heterocycles. The van der Waals surface area contributed by atoms with Crippen LogP contribution in [0.25, 0.3) is 0 Å². The van der Waals surface area contributed by atoms with Gasteiger partial charge in [0.1, 0.15) is 6.54 Å². The van der Waals surface area contributed by atoms with Gasteiger partial charge in [-0.2, -0.15) is 0 Å². The summed E-state index contributed by atoms with van der Waals surface area (Å²) in [4.78, 5) is 33.9. The van der Waals surface area contributed by atoms with Crippen molar-refractivity contribution in [2.45, 2.75) is 11.8 Å².